The van der Waals surface area contributed by atoms with Crippen LogP contribution >= 0.6 is 28.6 Å². The molecule has 0 amide bonds. The molecule has 0 spiro atoms. The highest BCUT2D eigenvalue weighted by Gasteiger charge is 2.25. The van der Waals surface area contributed by atoms with Gasteiger partial charge < -0.3 is 0 Å². The second-order valence-corrected chi connectivity index (χ2v) is 6.23. The topological polar surface area (TPSA) is 12.4 Å². The van der Waals surface area contributed by atoms with E-state index in [1.807, 2.05) is 18.2 Å². The number of aliphatic imine (C=N–C) groups is 1. The van der Waals surface area contributed by atoms with E-state index in [9.17, 15) is 0 Å². The van der Waals surface area contributed by atoms with Crippen molar-refractivity contribution in [1.82, 2.24) is 0 Å². The van der Waals surface area contributed by atoms with Crippen LogP contribution in [0.3, 0.4) is 0 Å². The fourth-order valence-electron chi connectivity index (χ4n) is 3.20. The molecule has 3 heteroatoms. The summed E-state index contributed by atoms with van der Waals surface area (Å²) in [5.74, 6) is 0.289. The molecule has 0 saturated carbocycles. The van der Waals surface area contributed by atoms with Crippen molar-refractivity contribution in [2.45, 2.75) is 12.3 Å². The maximum atomic E-state index is 6.23. The molecule has 120 valence electrons. The van der Waals surface area contributed by atoms with Crippen molar-refractivity contribution in [3.63, 3.8) is 0 Å². The van der Waals surface area contributed by atoms with Crippen LogP contribution in [0.4, 0.5) is 5.69 Å². The second kappa shape index (κ2) is 7.33. The molecule has 0 N–H and O–H groups in total. The zero-order valence-electron chi connectivity index (χ0n) is 13.0. The number of hydrogen-bond acceptors (Lipinski definition) is 1. The number of fused-ring (bicyclic) bond motifs is 1. The molecule has 3 aromatic carbocycles. The minimum Gasteiger partial charge on any atom is -0.252 e. The molecule has 0 aliphatic carbocycles. The Morgan fingerprint density at radius 3 is 2.21 bits per heavy atom. The first kappa shape index (κ1) is 16.9. The lowest BCUT2D eigenvalue weighted by Crippen LogP contribution is -2.14. The molecule has 1 heterocycles. The molecule has 24 heavy (non-hydrogen) atoms. The third kappa shape index (κ3) is 3.31. The monoisotopic (exact) mass is 397 g/mol. The third-order valence-corrected chi connectivity index (χ3v) is 4.56. The lowest BCUT2D eigenvalue weighted by Gasteiger charge is -2.25. The molecule has 0 saturated heterocycles. The molecular weight excluding hydrogens is 382 g/mol. The molecule has 1 unspecified atom stereocenters. The summed E-state index contributed by atoms with van der Waals surface area (Å²) in [5.41, 5.74) is 5.86. The number of nitrogens with zero attached hydrogens (tertiary/aromatic N) is 1. The molecule has 0 fully saturated rings. The highest BCUT2D eigenvalue weighted by molar-refractivity contribution is 8.93. The summed E-state index contributed by atoms with van der Waals surface area (Å²) in [6.07, 6.45) is 0.890. The van der Waals surface area contributed by atoms with Crippen LogP contribution in [0.2, 0.25) is 5.02 Å². The van der Waals surface area contributed by atoms with Crippen LogP contribution in [0.25, 0.3) is 0 Å². The van der Waals surface area contributed by atoms with Crippen LogP contribution in [0.1, 0.15) is 29.0 Å². The van der Waals surface area contributed by atoms with Gasteiger partial charge in [-0.15, -0.1) is 17.0 Å². The summed E-state index contributed by atoms with van der Waals surface area (Å²) < 4.78 is 0. The average Bonchev–Trinajstić information content (AvgIpc) is 2.62. The third-order valence-electron chi connectivity index (χ3n) is 4.33. The summed E-state index contributed by atoms with van der Waals surface area (Å²) in [6, 6.07) is 27.0. The van der Waals surface area contributed by atoms with Crippen molar-refractivity contribution >= 4 is 40.0 Å². The summed E-state index contributed by atoms with van der Waals surface area (Å²) in [4.78, 5) is 4.89. The van der Waals surface area contributed by atoms with Gasteiger partial charge in [-0.1, -0.05) is 72.3 Å². The van der Waals surface area contributed by atoms with Gasteiger partial charge in [0, 0.05) is 23.1 Å². The number of rotatable bonds is 2. The molecule has 0 bridgehead atoms. The molecule has 1 aliphatic heterocycles. The van der Waals surface area contributed by atoms with E-state index in [4.69, 9.17) is 16.6 Å². The van der Waals surface area contributed by atoms with Gasteiger partial charge in [0.05, 0.1) is 5.69 Å². The van der Waals surface area contributed by atoms with E-state index in [1.54, 1.807) is 0 Å². The van der Waals surface area contributed by atoms with Crippen molar-refractivity contribution < 1.29 is 0 Å². The van der Waals surface area contributed by atoms with Crippen LogP contribution in [0, 0.1) is 0 Å². The van der Waals surface area contributed by atoms with Gasteiger partial charge in [-0.05, 0) is 34.9 Å². The normalized spacial score (nSPS) is 15.9. The van der Waals surface area contributed by atoms with Gasteiger partial charge in [-0.3, -0.25) is 4.99 Å². The molecule has 1 nitrogen and oxygen atoms in total. The molecular formula is C21H17BrClN. The largest absolute Gasteiger partial charge is 0.252 e. The molecule has 4 rings (SSSR count). The van der Waals surface area contributed by atoms with Gasteiger partial charge in [0.15, 0.2) is 0 Å². The Labute approximate surface area is 157 Å². The Kier molecular flexibility index (Phi) is 5.17. The van der Waals surface area contributed by atoms with E-state index >= 15 is 0 Å². The van der Waals surface area contributed by atoms with E-state index < -0.39 is 0 Å². The Balaban J connectivity index is 0.00000169. The van der Waals surface area contributed by atoms with Crippen molar-refractivity contribution in [3.8, 4) is 0 Å². The zero-order chi connectivity index (χ0) is 15.6. The van der Waals surface area contributed by atoms with E-state index in [0.29, 0.717) is 0 Å². The molecule has 0 aromatic heterocycles. The first-order chi connectivity index (χ1) is 11.3. The average molecular weight is 399 g/mol. The highest BCUT2D eigenvalue weighted by Crippen LogP contribution is 2.41. The standard InChI is InChI=1S/C21H16ClN.BrH/c22-17-11-12-20-19(13-17)18(15-7-3-1-4-8-15)14-21(23-20)16-9-5-2-6-10-16;/h1-13,18H,14H2;1H. The van der Waals surface area contributed by atoms with Gasteiger partial charge in [0.1, 0.15) is 0 Å². The van der Waals surface area contributed by atoms with Gasteiger partial charge in [-0.2, -0.15) is 0 Å². The second-order valence-electron chi connectivity index (χ2n) is 5.80. The predicted octanol–water partition coefficient (Wildman–Crippen LogP) is 6.57. The molecule has 3 aromatic rings. The number of benzene rings is 3. The van der Waals surface area contributed by atoms with Gasteiger partial charge in [-0.25, -0.2) is 0 Å². The smallest absolute Gasteiger partial charge is 0.0672 e. The van der Waals surface area contributed by atoms with E-state index in [-0.39, 0.29) is 22.9 Å². The summed E-state index contributed by atoms with van der Waals surface area (Å²) >= 11 is 6.23. The summed E-state index contributed by atoms with van der Waals surface area (Å²) in [6.45, 7) is 0. The highest BCUT2D eigenvalue weighted by atomic mass is 79.9. The van der Waals surface area contributed by atoms with Crippen molar-refractivity contribution in [2.24, 2.45) is 4.99 Å². The molecule has 1 aliphatic rings. The van der Waals surface area contributed by atoms with Crippen LogP contribution in [-0.2, 0) is 0 Å². The SMILES string of the molecule is Br.Clc1ccc2c(c1)C(c1ccccc1)CC(c1ccccc1)=N2. The maximum Gasteiger partial charge on any atom is 0.0672 e. The van der Waals surface area contributed by atoms with Crippen molar-refractivity contribution in [1.29, 1.82) is 0 Å². The van der Waals surface area contributed by atoms with Crippen LogP contribution < -0.4 is 0 Å². The zero-order valence-corrected chi connectivity index (χ0v) is 15.5. The Morgan fingerprint density at radius 1 is 0.833 bits per heavy atom. The summed E-state index contributed by atoms with van der Waals surface area (Å²) in [5, 5.41) is 0.767. The van der Waals surface area contributed by atoms with E-state index in [0.717, 1.165) is 22.8 Å². The van der Waals surface area contributed by atoms with Crippen LogP contribution in [0.5, 0.6) is 0 Å². The van der Waals surface area contributed by atoms with Crippen LogP contribution in [0.15, 0.2) is 83.9 Å². The quantitative estimate of drug-likeness (QED) is 0.462. The minimum absolute atomic E-state index is 0. The lowest BCUT2D eigenvalue weighted by atomic mass is 9.82. The minimum atomic E-state index is 0. The maximum absolute atomic E-state index is 6.23. The lowest BCUT2D eigenvalue weighted by molar-refractivity contribution is 0.840. The Morgan fingerprint density at radius 2 is 1.50 bits per heavy atom. The van der Waals surface area contributed by atoms with Gasteiger partial charge >= 0.3 is 0 Å². The van der Waals surface area contributed by atoms with Crippen LogP contribution in [-0.4, -0.2) is 5.71 Å². The molecule has 0 radical (unpaired) electrons. The van der Waals surface area contributed by atoms with Gasteiger partial charge in [0.25, 0.3) is 0 Å². The molecule has 1 atom stereocenters. The van der Waals surface area contributed by atoms with Crippen molar-refractivity contribution in [2.75, 3.05) is 0 Å². The van der Waals surface area contributed by atoms with Gasteiger partial charge in [0.2, 0.25) is 0 Å². The Bertz CT molecular complexity index is 860. The summed E-state index contributed by atoms with van der Waals surface area (Å²) in [7, 11) is 0. The number of halogens is 2. The fraction of sp³-hybridized carbons (Fsp3) is 0.0952. The fourth-order valence-corrected chi connectivity index (χ4v) is 3.38. The van der Waals surface area contributed by atoms with E-state index in [2.05, 4.69) is 60.7 Å². The van der Waals surface area contributed by atoms with Crippen molar-refractivity contribution in [3.05, 3.63) is 101 Å². The van der Waals surface area contributed by atoms with E-state index in [1.165, 1.54) is 16.7 Å². The number of hydrogen-bond donors (Lipinski definition) is 0. The first-order valence-electron chi connectivity index (χ1n) is 7.78. The Hall–Kier alpha value is -1.90. The first-order valence-corrected chi connectivity index (χ1v) is 8.16. The predicted molar refractivity (Wildman–Crippen MR) is 107 cm³/mol.